The summed E-state index contributed by atoms with van der Waals surface area (Å²) in [7, 11) is 1.37. The zero-order valence-corrected chi connectivity index (χ0v) is 13.7. The SMILES string of the molecule is COC(=O)Cc1ccc2c(C)nn(CC(=O)CCCCN)c2c1. The van der Waals surface area contributed by atoms with Gasteiger partial charge < -0.3 is 10.5 Å². The standard InChI is InChI=1S/C17H23N3O3/c1-12-15-7-6-13(10-17(22)23-2)9-16(15)20(19-12)11-14(21)5-3-4-8-18/h6-7,9H,3-5,8,10-11,18H2,1-2H3. The van der Waals surface area contributed by atoms with Gasteiger partial charge in [-0.2, -0.15) is 5.10 Å². The Bertz CT molecular complexity index is 706. The van der Waals surface area contributed by atoms with E-state index in [1.54, 1.807) is 4.68 Å². The molecule has 1 aromatic heterocycles. The molecular formula is C17H23N3O3. The molecule has 1 aromatic carbocycles. The minimum atomic E-state index is -0.287. The molecule has 6 heteroatoms. The second-order valence-corrected chi connectivity index (χ2v) is 5.63. The molecule has 0 spiro atoms. The van der Waals surface area contributed by atoms with Crippen molar-refractivity contribution in [2.24, 2.45) is 5.73 Å². The van der Waals surface area contributed by atoms with Crippen LogP contribution < -0.4 is 5.73 Å². The van der Waals surface area contributed by atoms with Crippen molar-refractivity contribution in [1.82, 2.24) is 9.78 Å². The number of carbonyl (C=O) groups is 2. The van der Waals surface area contributed by atoms with E-state index >= 15 is 0 Å². The van der Waals surface area contributed by atoms with Crippen LogP contribution in [0.2, 0.25) is 0 Å². The fourth-order valence-corrected chi connectivity index (χ4v) is 2.57. The highest BCUT2D eigenvalue weighted by Gasteiger charge is 2.12. The van der Waals surface area contributed by atoms with Crippen LogP contribution in [0.3, 0.4) is 0 Å². The third kappa shape index (κ3) is 4.39. The van der Waals surface area contributed by atoms with E-state index in [0.29, 0.717) is 13.0 Å². The number of aryl methyl sites for hydroxylation is 1. The molecule has 2 N–H and O–H groups in total. The molecule has 0 aliphatic rings. The molecule has 124 valence electrons. The Kier molecular flexibility index (Phi) is 5.87. The topological polar surface area (TPSA) is 87.2 Å². The van der Waals surface area contributed by atoms with E-state index in [2.05, 4.69) is 5.10 Å². The van der Waals surface area contributed by atoms with E-state index in [9.17, 15) is 9.59 Å². The van der Waals surface area contributed by atoms with Gasteiger partial charge in [-0.25, -0.2) is 0 Å². The predicted octanol–water partition coefficient (Wildman–Crippen LogP) is 1.76. The number of esters is 1. The highest BCUT2D eigenvalue weighted by atomic mass is 16.5. The summed E-state index contributed by atoms with van der Waals surface area (Å²) < 4.78 is 6.41. The van der Waals surface area contributed by atoms with Crippen molar-refractivity contribution < 1.29 is 14.3 Å². The molecule has 0 saturated carbocycles. The number of nitrogens with zero attached hydrogens (tertiary/aromatic N) is 2. The number of fused-ring (bicyclic) bond motifs is 1. The summed E-state index contributed by atoms with van der Waals surface area (Å²) in [4.78, 5) is 23.5. The van der Waals surface area contributed by atoms with Crippen LogP contribution in [0.1, 0.15) is 30.5 Å². The van der Waals surface area contributed by atoms with Gasteiger partial charge >= 0.3 is 5.97 Å². The lowest BCUT2D eigenvalue weighted by atomic mass is 10.1. The minimum Gasteiger partial charge on any atom is -0.469 e. The van der Waals surface area contributed by atoms with Crippen molar-refractivity contribution in [1.29, 1.82) is 0 Å². The Hall–Kier alpha value is -2.21. The summed E-state index contributed by atoms with van der Waals surface area (Å²) in [6.07, 6.45) is 2.38. The maximum Gasteiger partial charge on any atom is 0.309 e. The molecule has 0 amide bonds. The first-order valence-electron chi connectivity index (χ1n) is 7.79. The molecule has 0 fully saturated rings. The molecule has 1 heterocycles. The van der Waals surface area contributed by atoms with E-state index in [1.807, 2.05) is 25.1 Å². The van der Waals surface area contributed by atoms with Gasteiger partial charge in [0, 0.05) is 11.8 Å². The Labute approximate surface area is 135 Å². The van der Waals surface area contributed by atoms with Gasteiger partial charge in [0.1, 0.15) is 6.54 Å². The first-order chi connectivity index (χ1) is 11.0. The van der Waals surface area contributed by atoms with Crippen LogP contribution in [-0.2, 0) is 27.3 Å². The van der Waals surface area contributed by atoms with Crippen molar-refractivity contribution in [3.05, 3.63) is 29.5 Å². The second kappa shape index (κ2) is 7.87. The molecular weight excluding hydrogens is 294 g/mol. The molecule has 0 aliphatic heterocycles. The van der Waals surface area contributed by atoms with Gasteiger partial charge in [0.2, 0.25) is 0 Å². The number of methoxy groups -OCH3 is 1. The summed E-state index contributed by atoms with van der Waals surface area (Å²) in [6.45, 7) is 2.77. The molecule has 2 rings (SSSR count). The number of hydrogen-bond donors (Lipinski definition) is 1. The zero-order valence-electron chi connectivity index (χ0n) is 13.7. The van der Waals surface area contributed by atoms with Crippen molar-refractivity contribution in [3.63, 3.8) is 0 Å². The third-order valence-electron chi connectivity index (χ3n) is 3.81. The van der Waals surface area contributed by atoms with E-state index in [1.165, 1.54) is 7.11 Å². The number of nitrogens with two attached hydrogens (primary N) is 1. The number of ketones is 1. The van der Waals surface area contributed by atoms with Gasteiger partial charge in [-0.05, 0) is 37.9 Å². The molecule has 23 heavy (non-hydrogen) atoms. The van der Waals surface area contributed by atoms with E-state index in [4.69, 9.17) is 10.5 Å². The van der Waals surface area contributed by atoms with Gasteiger partial charge in [0.05, 0.1) is 24.7 Å². The molecule has 0 bridgehead atoms. The molecule has 2 aromatic rings. The average molecular weight is 317 g/mol. The lowest BCUT2D eigenvalue weighted by Crippen LogP contribution is -2.12. The van der Waals surface area contributed by atoms with Crippen molar-refractivity contribution in [3.8, 4) is 0 Å². The number of carbonyl (C=O) groups excluding carboxylic acids is 2. The quantitative estimate of drug-likeness (QED) is 0.592. The number of unbranched alkanes of at least 4 members (excludes halogenated alkanes) is 1. The molecule has 6 nitrogen and oxygen atoms in total. The van der Waals surface area contributed by atoms with Crippen LogP contribution >= 0.6 is 0 Å². The summed E-state index contributed by atoms with van der Waals surface area (Å²) >= 11 is 0. The largest absolute Gasteiger partial charge is 0.469 e. The Morgan fingerprint density at radius 1 is 1.30 bits per heavy atom. The number of rotatable bonds is 8. The van der Waals surface area contributed by atoms with E-state index in [-0.39, 0.29) is 24.7 Å². The van der Waals surface area contributed by atoms with E-state index < -0.39 is 0 Å². The van der Waals surface area contributed by atoms with Crippen LogP contribution in [0.15, 0.2) is 18.2 Å². The summed E-state index contributed by atoms with van der Waals surface area (Å²) in [5, 5.41) is 5.45. The molecule has 0 radical (unpaired) electrons. The summed E-state index contributed by atoms with van der Waals surface area (Å²) in [6, 6.07) is 5.73. The Morgan fingerprint density at radius 3 is 2.78 bits per heavy atom. The molecule has 0 saturated heterocycles. The monoisotopic (exact) mass is 317 g/mol. The number of aromatic nitrogens is 2. The fourth-order valence-electron chi connectivity index (χ4n) is 2.57. The lowest BCUT2D eigenvalue weighted by Gasteiger charge is -2.05. The van der Waals surface area contributed by atoms with E-state index in [0.717, 1.165) is 35.0 Å². The molecule has 0 atom stereocenters. The summed E-state index contributed by atoms with van der Waals surface area (Å²) in [5.41, 5.74) is 8.04. The average Bonchev–Trinajstić information content (AvgIpc) is 2.83. The maximum absolute atomic E-state index is 12.1. The molecule has 0 aliphatic carbocycles. The maximum atomic E-state index is 12.1. The number of benzene rings is 1. The highest BCUT2D eigenvalue weighted by Crippen LogP contribution is 2.20. The lowest BCUT2D eigenvalue weighted by molar-refractivity contribution is -0.139. The fraction of sp³-hybridized carbons (Fsp3) is 0.471. The second-order valence-electron chi connectivity index (χ2n) is 5.63. The number of Topliss-reactive ketones (excluding diaryl/α,β-unsaturated/α-hetero) is 1. The zero-order chi connectivity index (χ0) is 16.8. The smallest absolute Gasteiger partial charge is 0.309 e. The Balaban J connectivity index is 2.20. The molecule has 0 unspecified atom stereocenters. The summed E-state index contributed by atoms with van der Waals surface area (Å²) in [5.74, 6) is -0.147. The van der Waals surface area contributed by atoms with Crippen LogP contribution in [0.4, 0.5) is 0 Å². The minimum absolute atomic E-state index is 0.140. The van der Waals surface area contributed by atoms with Crippen LogP contribution in [-0.4, -0.2) is 35.2 Å². The van der Waals surface area contributed by atoms with Crippen LogP contribution in [0, 0.1) is 6.92 Å². The van der Waals surface area contributed by atoms with Crippen molar-refractivity contribution in [2.75, 3.05) is 13.7 Å². The van der Waals surface area contributed by atoms with Gasteiger partial charge in [-0.15, -0.1) is 0 Å². The van der Waals surface area contributed by atoms with Crippen LogP contribution in [0.25, 0.3) is 10.9 Å². The van der Waals surface area contributed by atoms with Crippen molar-refractivity contribution in [2.45, 2.75) is 39.2 Å². The first kappa shape index (κ1) is 17.1. The number of hydrogen-bond acceptors (Lipinski definition) is 5. The Morgan fingerprint density at radius 2 is 2.09 bits per heavy atom. The first-order valence-corrected chi connectivity index (χ1v) is 7.79. The van der Waals surface area contributed by atoms with Gasteiger partial charge in [0.15, 0.2) is 5.78 Å². The van der Waals surface area contributed by atoms with Crippen LogP contribution in [0.5, 0.6) is 0 Å². The van der Waals surface area contributed by atoms with Gasteiger partial charge in [0.25, 0.3) is 0 Å². The third-order valence-corrected chi connectivity index (χ3v) is 3.81. The predicted molar refractivity (Wildman–Crippen MR) is 88.1 cm³/mol. The van der Waals surface area contributed by atoms with Gasteiger partial charge in [-0.3, -0.25) is 14.3 Å². The van der Waals surface area contributed by atoms with Gasteiger partial charge in [-0.1, -0.05) is 12.1 Å². The van der Waals surface area contributed by atoms with Crippen molar-refractivity contribution >= 4 is 22.7 Å². The number of ether oxygens (including phenoxy) is 1. The highest BCUT2D eigenvalue weighted by molar-refractivity contribution is 5.86. The normalized spacial score (nSPS) is 10.9.